The summed E-state index contributed by atoms with van der Waals surface area (Å²) in [5.41, 5.74) is 0. The molecular weight excluding hydrogens is 817 g/mol. The van der Waals surface area contributed by atoms with E-state index in [1.807, 2.05) is 0 Å². The van der Waals surface area contributed by atoms with Gasteiger partial charge in [-0.1, -0.05) is 249 Å². The van der Waals surface area contributed by atoms with Gasteiger partial charge in [0.05, 0.1) is 0 Å². The molecule has 0 aromatic rings. The molecule has 384 valence electrons. The molecule has 0 radical (unpaired) electrons. The van der Waals surface area contributed by atoms with Gasteiger partial charge < -0.3 is 14.2 Å². The quantitative estimate of drug-likeness (QED) is 0.0262. The van der Waals surface area contributed by atoms with Gasteiger partial charge in [-0.25, -0.2) is 0 Å². The van der Waals surface area contributed by atoms with Crippen molar-refractivity contribution in [1.82, 2.24) is 0 Å². The number of hydrogen-bond acceptors (Lipinski definition) is 6. The largest absolute Gasteiger partial charge is 0.462 e. The average molecular weight is 926 g/mol. The molecule has 6 nitrogen and oxygen atoms in total. The lowest BCUT2D eigenvalue weighted by molar-refractivity contribution is -0.167. The van der Waals surface area contributed by atoms with Crippen LogP contribution in [0.1, 0.15) is 297 Å². The monoisotopic (exact) mass is 925 g/mol. The minimum atomic E-state index is -0.781. The second-order valence-corrected chi connectivity index (χ2v) is 19.2. The molecule has 0 aliphatic heterocycles. The van der Waals surface area contributed by atoms with Gasteiger partial charge in [0.2, 0.25) is 0 Å². The molecule has 0 rings (SSSR count). The molecule has 0 saturated carbocycles. The number of carbonyl (C=O) groups excluding carboxylic acids is 3. The predicted molar refractivity (Wildman–Crippen MR) is 284 cm³/mol. The van der Waals surface area contributed by atoms with Gasteiger partial charge in [-0.2, -0.15) is 0 Å². The zero-order chi connectivity index (χ0) is 47.9. The molecule has 0 amide bonds. The van der Waals surface area contributed by atoms with E-state index in [1.165, 1.54) is 167 Å². The van der Waals surface area contributed by atoms with Gasteiger partial charge in [0.1, 0.15) is 13.2 Å². The summed E-state index contributed by atoms with van der Waals surface area (Å²) in [5, 5.41) is 0. The van der Waals surface area contributed by atoms with Crippen molar-refractivity contribution in [2.45, 2.75) is 303 Å². The summed E-state index contributed by atoms with van der Waals surface area (Å²) in [6.07, 6.45) is 66.7. The Morgan fingerprint density at radius 2 is 0.591 bits per heavy atom. The number of unbranched alkanes of at least 4 members (excludes halogenated alkanes) is 33. The fourth-order valence-corrected chi connectivity index (χ4v) is 8.28. The van der Waals surface area contributed by atoms with Crippen LogP contribution in [0.5, 0.6) is 0 Å². The molecule has 1 atom stereocenters. The first-order valence-corrected chi connectivity index (χ1v) is 28.6. The maximum absolute atomic E-state index is 12.9. The molecule has 0 saturated heterocycles. The molecule has 1 unspecified atom stereocenters. The molecule has 0 N–H and O–H groups in total. The van der Waals surface area contributed by atoms with E-state index in [-0.39, 0.29) is 31.1 Å². The first-order valence-electron chi connectivity index (χ1n) is 28.6. The van der Waals surface area contributed by atoms with Crippen LogP contribution in [0, 0.1) is 0 Å². The Labute approximate surface area is 409 Å². The maximum atomic E-state index is 12.9. The normalized spacial score (nSPS) is 12.3. The van der Waals surface area contributed by atoms with Crippen LogP contribution in [0.2, 0.25) is 0 Å². The first kappa shape index (κ1) is 63.4. The Bertz CT molecular complexity index is 1150. The van der Waals surface area contributed by atoms with Gasteiger partial charge in [0, 0.05) is 19.3 Å². The van der Waals surface area contributed by atoms with Crippen LogP contribution < -0.4 is 0 Å². The highest BCUT2D eigenvalue weighted by Crippen LogP contribution is 2.16. The number of esters is 3. The minimum Gasteiger partial charge on any atom is -0.462 e. The maximum Gasteiger partial charge on any atom is 0.306 e. The van der Waals surface area contributed by atoms with Crippen LogP contribution in [-0.4, -0.2) is 37.2 Å². The Balaban J connectivity index is 4.37. The molecule has 0 bridgehead atoms. The van der Waals surface area contributed by atoms with Crippen molar-refractivity contribution in [3.05, 3.63) is 48.6 Å². The van der Waals surface area contributed by atoms with Crippen LogP contribution in [0.3, 0.4) is 0 Å². The fourth-order valence-electron chi connectivity index (χ4n) is 8.28. The lowest BCUT2D eigenvalue weighted by Gasteiger charge is -2.18. The molecule has 0 aromatic carbocycles. The van der Waals surface area contributed by atoms with Gasteiger partial charge in [-0.15, -0.1) is 0 Å². The molecule has 0 heterocycles. The third-order valence-electron chi connectivity index (χ3n) is 12.6. The highest BCUT2D eigenvalue weighted by atomic mass is 16.6. The van der Waals surface area contributed by atoms with Crippen molar-refractivity contribution < 1.29 is 28.6 Å². The Hall–Kier alpha value is -2.63. The van der Waals surface area contributed by atoms with Crippen molar-refractivity contribution >= 4 is 17.9 Å². The zero-order valence-corrected chi connectivity index (χ0v) is 44.0. The van der Waals surface area contributed by atoms with E-state index < -0.39 is 6.10 Å². The molecule has 0 fully saturated rings. The smallest absolute Gasteiger partial charge is 0.306 e. The molecule has 0 aliphatic rings. The third kappa shape index (κ3) is 52.3. The molecule has 0 aromatic heterocycles. The van der Waals surface area contributed by atoms with E-state index in [1.54, 1.807) is 0 Å². The highest BCUT2D eigenvalue weighted by Gasteiger charge is 2.19. The number of hydrogen-bond donors (Lipinski definition) is 0. The van der Waals surface area contributed by atoms with Crippen molar-refractivity contribution in [3.63, 3.8) is 0 Å². The van der Waals surface area contributed by atoms with Gasteiger partial charge in [0.25, 0.3) is 0 Å². The van der Waals surface area contributed by atoms with E-state index in [9.17, 15) is 14.4 Å². The fraction of sp³-hybridized carbons (Fsp3) is 0.817. The zero-order valence-electron chi connectivity index (χ0n) is 44.0. The van der Waals surface area contributed by atoms with Gasteiger partial charge >= 0.3 is 17.9 Å². The highest BCUT2D eigenvalue weighted by molar-refractivity contribution is 5.71. The first-order chi connectivity index (χ1) is 32.5. The summed E-state index contributed by atoms with van der Waals surface area (Å²) in [7, 11) is 0. The standard InChI is InChI=1S/C60H108O6/c1-4-7-10-13-16-19-22-25-28-30-32-35-38-41-44-47-50-53-59(62)65-56-57(55-64-58(61)52-49-46-43-40-37-34-27-24-21-18-15-12-9-6-3)66-60(63)54-51-48-45-42-39-36-33-31-29-26-23-20-17-14-11-8-5-2/h9,12,18,21,25,27-28,34,57H,4-8,10-11,13-17,19-20,22-24,26,29-33,35-56H2,1-3H3/b12-9-,21-18-,28-25-,34-27-. The van der Waals surface area contributed by atoms with Crippen molar-refractivity contribution in [2.75, 3.05) is 13.2 Å². The van der Waals surface area contributed by atoms with Crippen molar-refractivity contribution in [1.29, 1.82) is 0 Å². The lowest BCUT2D eigenvalue weighted by atomic mass is 10.0. The number of allylic oxidation sites excluding steroid dienone is 8. The molecule has 66 heavy (non-hydrogen) atoms. The minimum absolute atomic E-state index is 0.0798. The summed E-state index contributed by atoms with van der Waals surface area (Å²) in [4.78, 5) is 38.1. The molecule has 6 heteroatoms. The summed E-state index contributed by atoms with van der Waals surface area (Å²) >= 11 is 0. The van der Waals surface area contributed by atoms with E-state index in [0.29, 0.717) is 19.3 Å². The molecular formula is C60H108O6. The Morgan fingerprint density at radius 1 is 0.318 bits per heavy atom. The Morgan fingerprint density at radius 3 is 0.939 bits per heavy atom. The van der Waals surface area contributed by atoms with E-state index in [4.69, 9.17) is 14.2 Å². The number of carbonyl (C=O) groups is 3. The lowest BCUT2D eigenvalue weighted by Crippen LogP contribution is -2.30. The van der Waals surface area contributed by atoms with Crippen molar-refractivity contribution in [2.24, 2.45) is 0 Å². The average Bonchev–Trinajstić information content (AvgIpc) is 3.31. The molecule has 0 spiro atoms. The van der Waals surface area contributed by atoms with Crippen LogP contribution >= 0.6 is 0 Å². The van der Waals surface area contributed by atoms with Gasteiger partial charge in [-0.05, 0) is 77.0 Å². The topological polar surface area (TPSA) is 78.9 Å². The van der Waals surface area contributed by atoms with Crippen LogP contribution in [0.15, 0.2) is 48.6 Å². The van der Waals surface area contributed by atoms with E-state index in [0.717, 1.165) is 89.9 Å². The van der Waals surface area contributed by atoms with E-state index in [2.05, 4.69) is 69.4 Å². The van der Waals surface area contributed by atoms with E-state index >= 15 is 0 Å². The van der Waals surface area contributed by atoms with Crippen LogP contribution in [0.25, 0.3) is 0 Å². The van der Waals surface area contributed by atoms with Crippen molar-refractivity contribution in [3.8, 4) is 0 Å². The van der Waals surface area contributed by atoms with Crippen LogP contribution in [0.4, 0.5) is 0 Å². The summed E-state index contributed by atoms with van der Waals surface area (Å²) in [6, 6.07) is 0. The third-order valence-corrected chi connectivity index (χ3v) is 12.6. The van der Waals surface area contributed by atoms with Crippen LogP contribution in [-0.2, 0) is 28.6 Å². The van der Waals surface area contributed by atoms with Gasteiger partial charge in [0.15, 0.2) is 6.10 Å². The molecule has 0 aliphatic carbocycles. The number of ether oxygens (including phenoxy) is 3. The number of rotatable bonds is 52. The van der Waals surface area contributed by atoms with Gasteiger partial charge in [-0.3, -0.25) is 14.4 Å². The SMILES string of the molecule is CC/C=C\C/C=C\C/C=C\CCCCCCC(=O)OCC(COC(=O)CCCCCCCCC/C=C\CCCCCCCC)OC(=O)CCCCCCCCCCCCCCCCCCC. The second-order valence-electron chi connectivity index (χ2n) is 19.2. The second kappa shape index (κ2) is 55.0. The summed E-state index contributed by atoms with van der Waals surface area (Å²) < 4.78 is 16.9. The summed E-state index contributed by atoms with van der Waals surface area (Å²) in [6.45, 7) is 6.54. The Kier molecular flexibility index (Phi) is 52.8. The predicted octanol–water partition coefficient (Wildman–Crippen LogP) is 19.0. The summed E-state index contributed by atoms with van der Waals surface area (Å²) in [5.74, 6) is -0.892.